The van der Waals surface area contributed by atoms with Crippen LogP contribution in [0.4, 0.5) is 10.1 Å². The molecular formula is C12H16ClFN2O2S. The molecular weight excluding hydrogens is 291 g/mol. The molecule has 2 rings (SSSR count). The molecule has 0 saturated heterocycles. The van der Waals surface area contributed by atoms with Crippen molar-refractivity contribution in [1.29, 1.82) is 0 Å². The van der Waals surface area contributed by atoms with Crippen molar-refractivity contribution in [1.82, 2.24) is 4.72 Å². The van der Waals surface area contributed by atoms with Gasteiger partial charge in [0, 0.05) is 10.6 Å². The van der Waals surface area contributed by atoms with Crippen molar-refractivity contribution >= 4 is 27.3 Å². The Morgan fingerprint density at radius 3 is 2.58 bits per heavy atom. The summed E-state index contributed by atoms with van der Waals surface area (Å²) in [7, 11) is -3.96. The van der Waals surface area contributed by atoms with Crippen molar-refractivity contribution in [3.05, 3.63) is 23.0 Å². The molecule has 1 aromatic carbocycles. The van der Waals surface area contributed by atoms with Gasteiger partial charge in [-0.05, 0) is 37.8 Å². The van der Waals surface area contributed by atoms with Crippen molar-refractivity contribution in [3.8, 4) is 0 Å². The summed E-state index contributed by atoms with van der Waals surface area (Å²) in [5.41, 5.74) is 4.68. The summed E-state index contributed by atoms with van der Waals surface area (Å²) in [6.07, 6.45) is 3.17. The maximum Gasteiger partial charge on any atom is 0.244 e. The van der Waals surface area contributed by atoms with Gasteiger partial charge in [0.2, 0.25) is 10.0 Å². The number of halogens is 2. The van der Waals surface area contributed by atoms with Crippen LogP contribution in [-0.4, -0.2) is 14.0 Å². The Kier molecular flexibility index (Phi) is 3.77. The number of nitrogen functional groups attached to an aromatic ring is 1. The summed E-state index contributed by atoms with van der Waals surface area (Å²) in [4.78, 5) is -0.489. The van der Waals surface area contributed by atoms with Gasteiger partial charge in [-0.25, -0.2) is 17.5 Å². The number of anilines is 1. The van der Waals surface area contributed by atoms with E-state index in [0.29, 0.717) is 6.42 Å². The molecule has 1 aliphatic carbocycles. The topological polar surface area (TPSA) is 72.2 Å². The molecule has 106 valence electrons. The molecule has 19 heavy (non-hydrogen) atoms. The SMILES string of the molecule is CCC1(NS(=O)(=O)c2cc(Cl)cc(N)c2F)CCC1. The van der Waals surface area contributed by atoms with Crippen molar-refractivity contribution in [3.63, 3.8) is 0 Å². The van der Waals surface area contributed by atoms with Crippen LogP contribution in [0.1, 0.15) is 32.6 Å². The number of rotatable bonds is 4. The van der Waals surface area contributed by atoms with Gasteiger partial charge in [0.05, 0.1) is 5.69 Å². The average molecular weight is 307 g/mol. The lowest BCUT2D eigenvalue weighted by Gasteiger charge is -2.41. The van der Waals surface area contributed by atoms with Gasteiger partial charge in [-0.1, -0.05) is 18.5 Å². The van der Waals surface area contributed by atoms with Crippen molar-refractivity contribution in [2.45, 2.75) is 43.0 Å². The van der Waals surface area contributed by atoms with Crippen LogP contribution in [0.25, 0.3) is 0 Å². The van der Waals surface area contributed by atoms with Crippen molar-refractivity contribution in [2.24, 2.45) is 0 Å². The molecule has 0 unspecified atom stereocenters. The van der Waals surface area contributed by atoms with Gasteiger partial charge in [-0.15, -0.1) is 0 Å². The van der Waals surface area contributed by atoms with E-state index in [2.05, 4.69) is 4.72 Å². The molecule has 1 aliphatic rings. The molecule has 1 aromatic rings. The molecule has 1 fully saturated rings. The quantitative estimate of drug-likeness (QED) is 0.840. The average Bonchev–Trinajstić information content (AvgIpc) is 2.28. The van der Waals surface area contributed by atoms with Gasteiger partial charge in [0.1, 0.15) is 4.90 Å². The third-order valence-corrected chi connectivity index (χ3v) is 5.46. The fraction of sp³-hybridized carbons (Fsp3) is 0.500. The molecule has 0 spiro atoms. The van der Waals surface area contributed by atoms with E-state index in [-0.39, 0.29) is 10.7 Å². The Hall–Kier alpha value is -0.850. The maximum atomic E-state index is 13.9. The standard InChI is InChI=1S/C12H16ClFN2O2S/c1-2-12(4-3-5-12)16-19(17,18)10-7-8(13)6-9(15)11(10)14/h6-7,16H,2-5,15H2,1H3. The second kappa shape index (κ2) is 4.92. The summed E-state index contributed by atoms with van der Waals surface area (Å²) >= 11 is 5.74. The summed E-state index contributed by atoms with van der Waals surface area (Å²) in [5, 5.41) is 0.0958. The van der Waals surface area contributed by atoms with Crippen LogP contribution in [0.3, 0.4) is 0 Å². The first kappa shape index (κ1) is 14.6. The van der Waals surface area contributed by atoms with Crippen LogP contribution in [-0.2, 0) is 10.0 Å². The third-order valence-electron chi connectivity index (χ3n) is 3.66. The van der Waals surface area contributed by atoms with Gasteiger partial charge >= 0.3 is 0 Å². The van der Waals surface area contributed by atoms with Crippen LogP contribution in [0, 0.1) is 5.82 Å². The molecule has 0 amide bonds. The summed E-state index contributed by atoms with van der Waals surface area (Å²) in [5.74, 6) is -0.956. The van der Waals surface area contributed by atoms with E-state index < -0.39 is 26.3 Å². The third kappa shape index (κ3) is 2.70. The first-order chi connectivity index (χ1) is 8.80. The molecule has 4 nitrogen and oxygen atoms in total. The van der Waals surface area contributed by atoms with Crippen molar-refractivity contribution in [2.75, 3.05) is 5.73 Å². The first-order valence-electron chi connectivity index (χ1n) is 6.08. The zero-order valence-electron chi connectivity index (χ0n) is 10.5. The highest BCUT2D eigenvalue weighted by Crippen LogP contribution is 2.36. The molecule has 7 heteroatoms. The fourth-order valence-corrected chi connectivity index (χ4v) is 4.21. The van der Waals surface area contributed by atoms with Gasteiger partial charge < -0.3 is 5.73 Å². The molecule has 0 radical (unpaired) electrons. The predicted molar refractivity (Wildman–Crippen MR) is 73.0 cm³/mol. The number of hydrogen-bond donors (Lipinski definition) is 2. The van der Waals surface area contributed by atoms with Gasteiger partial charge in [-0.2, -0.15) is 0 Å². The fourth-order valence-electron chi connectivity index (χ4n) is 2.25. The summed E-state index contributed by atoms with van der Waals surface area (Å²) in [6.45, 7) is 1.91. The van der Waals surface area contributed by atoms with E-state index in [1.807, 2.05) is 6.92 Å². The highest BCUT2D eigenvalue weighted by molar-refractivity contribution is 7.89. The van der Waals surface area contributed by atoms with Crippen LogP contribution in [0.15, 0.2) is 17.0 Å². The molecule has 0 aromatic heterocycles. The van der Waals surface area contributed by atoms with Gasteiger partial charge in [0.15, 0.2) is 5.82 Å². The van der Waals surface area contributed by atoms with E-state index in [1.54, 1.807) is 0 Å². The van der Waals surface area contributed by atoms with E-state index in [9.17, 15) is 12.8 Å². The maximum absolute atomic E-state index is 13.9. The lowest BCUT2D eigenvalue weighted by atomic mass is 9.76. The van der Waals surface area contributed by atoms with E-state index in [4.69, 9.17) is 17.3 Å². The summed E-state index contributed by atoms with van der Waals surface area (Å²) in [6, 6.07) is 2.27. The highest BCUT2D eigenvalue weighted by atomic mass is 35.5. The van der Waals surface area contributed by atoms with Crippen LogP contribution >= 0.6 is 11.6 Å². The van der Waals surface area contributed by atoms with Crippen LogP contribution < -0.4 is 10.5 Å². The first-order valence-corrected chi connectivity index (χ1v) is 7.94. The molecule has 0 bridgehead atoms. The molecule has 0 heterocycles. The number of benzene rings is 1. The lowest BCUT2D eigenvalue weighted by Crippen LogP contribution is -2.52. The van der Waals surface area contributed by atoms with E-state index >= 15 is 0 Å². The number of nitrogens with two attached hydrogens (primary N) is 1. The van der Waals surface area contributed by atoms with E-state index in [1.165, 1.54) is 6.07 Å². The molecule has 0 atom stereocenters. The predicted octanol–water partition coefficient (Wildman–Crippen LogP) is 2.67. The minimum atomic E-state index is -3.96. The Bertz CT molecular complexity index is 594. The summed E-state index contributed by atoms with van der Waals surface area (Å²) < 4.78 is 41.0. The van der Waals surface area contributed by atoms with Crippen LogP contribution in [0.5, 0.6) is 0 Å². The van der Waals surface area contributed by atoms with E-state index in [0.717, 1.165) is 25.3 Å². The molecule has 3 N–H and O–H groups in total. The van der Waals surface area contributed by atoms with Crippen LogP contribution in [0.2, 0.25) is 5.02 Å². The monoisotopic (exact) mass is 306 g/mol. The lowest BCUT2D eigenvalue weighted by molar-refractivity contribution is 0.213. The Labute approximate surface area is 117 Å². The number of sulfonamides is 1. The van der Waals surface area contributed by atoms with Crippen molar-refractivity contribution < 1.29 is 12.8 Å². The Morgan fingerprint density at radius 1 is 1.47 bits per heavy atom. The Morgan fingerprint density at radius 2 is 2.11 bits per heavy atom. The smallest absolute Gasteiger partial charge is 0.244 e. The zero-order chi connectivity index (χ0) is 14.3. The van der Waals surface area contributed by atoms with Gasteiger partial charge in [0.25, 0.3) is 0 Å². The zero-order valence-corrected chi connectivity index (χ0v) is 12.1. The molecule has 1 saturated carbocycles. The Balaban J connectivity index is 2.40. The molecule has 0 aliphatic heterocycles. The van der Waals surface area contributed by atoms with Gasteiger partial charge in [-0.3, -0.25) is 0 Å². The normalized spacial score (nSPS) is 18.1. The second-order valence-corrected chi connectivity index (χ2v) is 6.99. The number of nitrogens with one attached hydrogen (secondary N) is 1. The minimum absolute atomic E-state index is 0.0958. The highest BCUT2D eigenvalue weighted by Gasteiger charge is 2.40. The minimum Gasteiger partial charge on any atom is -0.396 e. The second-order valence-electron chi connectivity index (χ2n) is 4.90. The largest absolute Gasteiger partial charge is 0.396 e. The number of hydrogen-bond acceptors (Lipinski definition) is 3.